The lowest BCUT2D eigenvalue weighted by Crippen LogP contribution is -2.38. The molecule has 4 aromatic rings. The summed E-state index contributed by atoms with van der Waals surface area (Å²) < 4.78 is 29.2. The number of rotatable bonds is 7. The highest BCUT2D eigenvalue weighted by Crippen LogP contribution is 2.46. The van der Waals surface area contributed by atoms with Crippen molar-refractivity contribution in [3.05, 3.63) is 143 Å². The van der Waals surface area contributed by atoms with Crippen LogP contribution in [0.1, 0.15) is 17.2 Å². The molecule has 2 atom stereocenters. The fourth-order valence-electron chi connectivity index (χ4n) is 5.02. The minimum atomic E-state index is -4.07. The molecule has 0 bridgehead atoms. The van der Waals surface area contributed by atoms with Gasteiger partial charge in [0.15, 0.2) is 0 Å². The molecule has 0 saturated carbocycles. The van der Waals surface area contributed by atoms with Crippen LogP contribution in [-0.2, 0) is 14.8 Å². The maximum Gasteiger partial charge on any atom is 0.269 e. The number of nitrogens with zero attached hydrogens (tertiary/aromatic N) is 3. The zero-order valence-corrected chi connectivity index (χ0v) is 22.6. The van der Waals surface area contributed by atoms with Crippen LogP contribution in [0.2, 0.25) is 0 Å². The molecular formula is C31H27N3O5S. The topological polar surface area (TPSA) is 101 Å². The van der Waals surface area contributed by atoms with Crippen molar-refractivity contribution in [2.24, 2.45) is 5.92 Å². The van der Waals surface area contributed by atoms with E-state index in [1.54, 1.807) is 17.0 Å². The van der Waals surface area contributed by atoms with Gasteiger partial charge in [0.1, 0.15) is 0 Å². The van der Waals surface area contributed by atoms with Crippen LogP contribution in [0.15, 0.2) is 126 Å². The zero-order valence-electron chi connectivity index (χ0n) is 21.8. The largest absolute Gasteiger partial charge is 0.280 e. The molecule has 1 fully saturated rings. The van der Waals surface area contributed by atoms with Crippen LogP contribution in [-0.4, -0.2) is 30.1 Å². The van der Waals surface area contributed by atoms with E-state index in [1.165, 1.54) is 40.7 Å². The predicted octanol–water partition coefficient (Wildman–Crippen LogP) is 6.19. The Morgan fingerprint density at radius 3 is 1.90 bits per heavy atom. The maximum atomic E-state index is 14.5. The summed E-state index contributed by atoms with van der Waals surface area (Å²) in [6, 6.07) is 29.4. The molecule has 0 spiro atoms. The summed E-state index contributed by atoms with van der Waals surface area (Å²) >= 11 is 0. The Hall–Kier alpha value is -4.60. The fourth-order valence-corrected chi connectivity index (χ4v) is 6.65. The Morgan fingerprint density at radius 2 is 1.40 bits per heavy atom. The van der Waals surface area contributed by atoms with Crippen LogP contribution in [0.25, 0.3) is 0 Å². The molecule has 0 aromatic heterocycles. The molecule has 0 unspecified atom stereocenters. The van der Waals surface area contributed by atoms with Gasteiger partial charge in [0.2, 0.25) is 15.9 Å². The summed E-state index contributed by atoms with van der Waals surface area (Å²) in [6.45, 7) is 5.95. The number of carbonyl (C=O) groups excluding carboxylic acids is 1. The molecule has 1 amide bonds. The highest BCUT2D eigenvalue weighted by atomic mass is 32.2. The van der Waals surface area contributed by atoms with E-state index in [-0.39, 0.29) is 23.0 Å². The molecular weight excluding hydrogens is 526 g/mol. The van der Waals surface area contributed by atoms with Gasteiger partial charge in [-0.2, -0.15) is 4.31 Å². The van der Waals surface area contributed by atoms with E-state index in [0.29, 0.717) is 22.5 Å². The number of amides is 1. The average molecular weight is 554 g/mol. The second kappa shape index (κ2) is 10.9. The number of aryl methyl sites for hydroxylation is 1. The first kappa shape index (κ1) is 27.0. The SMILES string of the molecule is C=C1CN(S(=O)(=O)c2ccc(C)cc2)[C@@H](c2ccc([N+](=O)[O-])cc2)[C@H]1C(=O)N(c1ccccc1)c1ccccc1. The van der Waals surface area contributed by atoms with Crippen molar-refractivity contribution in [2.75, 3.05) is 11.4 Å². The van der Waals surface area contributed by atoms with E-state index < -0.39 is 26.9 Å². The van der Waals surface area contributed by atoms with Crippen molar-refractivity contribution < 1.29 is 18.1 Å². The number of carbonyl (C=O) groups is 1. The first-order valence-corrected chi connectivity index (χ1v) is 14.1. The Labute approximate surface area is 233 Å². The van der Waals surface area contributed by atoms with Crippen LogP contribution in [0.4, 0.5) is 17.1 Å². The zero-order chi connectivity index (χ0) is 28.4. The minimum absolute atomic E-state index is 0.0777. The standard InChI is InChI=1S/C31H27N3O5S/c1-22-13-19-28(20-14-22)40(38,39)32-21-23(2)29(30(32)24-15-17-27(18-16-24)34(36)37)31(35)33(25-9-5-3-6-10-25)26-11-7-4-8-12-26/h3-20,29-30H,2,21H2,1H3/t29-,30-/m0/s1. The summed E-state index contributed by atoms with van der Waals surface area (Å²) in [4.78, 5) is 27.0. The second-order valence-electron chi connectivity index (χ2n) is 9.64. The van der Waals surface area contributed by atoms with E-state index in [9.17, 15) is 23.3 Å². The summed E-state index contributed by atoms with van der Waals surface area (Å²) in [5, 5.41) is 11.3. The number of hydrogen-bond acceptors (Lipinski definition) is 5. The number of non-ortho nitro benzene ring substituents is 1. The third kappa shape index (κ3) is 5.04. The van der Waals surface area contributed by atoms with E-state index >= 15 is 0 Å². The maximum absolute atomic E-state index is 14.5. The number of nitro groups is 1. The molecule has 40 heavy (non-hydrogen) atoms. The summed E-state index contributed by atoms with van der Waals surface area (Å²) in [5.74, 6) is -1.31. The first-order valence-electron chi connectivity index (χ1n) is 12.6. The molecule has 0 aliphatic carbocycles. The molecule has 0 N–H and O–H groups in total. The molecule has 8 nitrogen and oxygen atoms in total. The van der Waals surface area contributed by atoms with E-state index in [1.807, 2.05) is 67.6 Å². The van der Waals surface area contributed by atoms with Crippen LogP contribution in [0.5, 0.6) is 0 Å². The van der Waals surface area contributed by atoms with Gasteiger partial charge in [0.25, 0.3) is 5.69 Å². The van der Waals surface area contributed by atoms with Crippen LogP contribution < -0.4 is 4.90 Å². The predicted molar refractivity (Wildman–Crippen MR) is 154 cm³/mol. The summed E-state index contributed by atoms with van der Waals surface area (Å²) in [6.07, 6.45) is 0. The second-order valence-corrected chi connectivity index (χ2v) is 11.5. The van der Waals surface area contributed by atoms with Gasteiger partial charge in [-0.15, -0.1) is 0 Å². The van der Waals surface area contributed by atoms with E-state index in [2.05, 4.69) is 6.58 Å². The Balaban J connectivity index is 1.65. The van der Waals surface area contributed by atoms with Crippen LogP contribution in [0, 0.1) is 23.0 Å². The first-order chi connectivity index (χ1) is 19.2. The van der Waals surface area contributed by atoms with Crippen molar-refractivity contribution in [1.82, 2.24) is 4.31 Å². The lowest BCUT2D eigenvalue weighted by Gasteiger charge is -2.31. The van der Waals surface area contributed by atoms with Crippen molar-refractivity contribution >= 4 is 33.0 Å². The quantitative estimate of drug-likeness (QED) is 0.154. The highest BCUT2D eigenvalue weighted by molar-refractivity contribution is 7.89. The van der Waals surface area contributed by atoms with Gasteiger partial charge in [0, 0.05) is 30.1 Å². The van der Waals surface area contributed by atoms with Gasteiger partial charge >= 0.3 is 0 Å². The fraction of sp³-hybridized carbons (Fsp3) is 0.129. The molecule has 9 heteroatoms. The van der Waals surface area contributed by atoms with Gasteiger partial charge in [-0.25, -0.2) is 8.42 Å². The van der Waals surface area contributed by atoms with E-state index in [0.717, 1.165) is 5.56 Å². The van der Waals surface area contributed by atoms with Crippen molar-refractivity contribution in [3.8, 4) is 0 Å². The van der Waals surface area contributed by atoms with Gasteiger partial charge in [-0.05, 0) is 54.5 Å². The van der Waals surface area contributed by atoms with Crippen molar-refractivity contribution in [2.45, 2.75) is 17.9 Å². The van der Waals surface area contributed by atoms with Gasteiger partial charge in [-0.3, -0.25) is 19.8 Å². The summed E-state index contributed by atoms with van der Waals surface area (Å²) in [7, 11) is -4.07. The third-order valence-electron chi connectivity index (χ3n) is 7.01. The molecule has 202 valence electrons. The Bertz CT molecular complexity index is 1620. The number of hydrogen-bond donors (Lipinski definition) is 0. The van der Waals surface area contributed by atoms with Crippen LogP contribution >= 0.6 is 0 Å². The Kier molecular flexibility index (Phi) is 7.34. The normalized spacial score (nSPS) is 17.5. The van der Waals surface area contributed by atoms with Crippen molar-refractivity contribution in [1.29, 1.82) is 0 Å². The molecule has 5 rings (SSSR count). The van der Waals surface area contributed by atoms with Gasteiger partial charge in [-0.1, -0.05) is 72.8 Å². The van der Waals surface area contributed by atoms with Gasteiger partial charge in [0.05, 0.1) is 21.8 Å². The van der Waals surface area contributed by atoms with Crippen molar-refractivity contribution in [3.63, 3.8) is 0 Å². The average Bonchev–Trinajstić information content (AvgIpc) is 3.32. The number of nitro benzene ring substituents is 1. The number of para-hydroxylation sites is 2. The minimum Gasteiger partial charge on any atom is -0.280 e. The molecule has 0 radical (unpaired) electrons. The number of benzene rings is 4. The number of anilines is 2. The van der Waals surface area contributed by atoms with E-state index in [4.69, 9.17) is 0 Å². The summed E-state index contributed by atoms with van der Waals surface area (Å²) in [5.41, 5.74) is 2.90. The Morgan fingerprint density at radius 1 is 0.875 bits per heavy atom. The molecule has 1 heterocycles. The van der Waals surface area contributed by atoms with Crippen LogP contribution in [0.3, 0.4) is 0 Å². The number of sulfonamides is 1. The molecule has 1 aliphatic heterocycles. The molecule has 1 aliphatic rings. The third-order valence-corrected chi connectivity index (χ3v) is 8.85. The highest BCUT2D eigenvalue weighted by Gasteiger charge is 2.49. The lowest BCUT2D eigenvalue weighted by atomic mass is 9.90. The lowest BCUT2D eigenvalue weighted by molar-refractivity contribution is -0.384. The molecule has 4 aromatic carbocycles. The monoisotopic (exact) mass is 553 g/mol. The van der Waals surface area contributed by atoms with Gasteiger partial charge < -0.3 is 0 Å². The molecule has 1 saturated heterocycles. The smallest absolute Gasteiger partial charge is 0.269 e.